The number of carbonyl (C=O) groups is 2. The number of allylic oxidation sites excluding steroid dienone is 3. The Hall–Kier alpha value is -1.86. The highest BCUT2D eigenvalue weighted by Gasteiger charge is 2.44. The number of aliphatic hydroxyl groups is 5. The number of unbranched alkanes of at least 4 members (excludes halogenated alkanes) is 61. The smallest absolute Gasteiger partial charge is 0.305 e. The van der Waals surface area contributed by atoms with Crippen LogP contribution in [0.1, 0.15) is 444 Å². The molecule has 0 spiro atoms. The molecule has 1 fully saturated rings. The van der Waals surface area contributed by atoms with Gasteiger partial charge in [0.1, 0.15) is 24.4 Å². The molecular weight excluding hydrogens is 1190 g/mol. The lowest BCUT2D eigenvalue weighted by molar-refractivity contribution is -0.302. The second kappa shape index (κ2) is 74.3. The first kappa shape index (κ1) is 92.2. The van der Waals surface area contributed by atoms with Crippen LogP contribution in [0.5, 0.6) is 0 Å². The lowest BCUT2D eigenvalue weighted by Gasteiger charge is -2.40. The van der Waals surface area contributed by atoms with Gasteiger partial charge in [0.2, 0.25) is 5.91 Å². The Bertz CT molecular complexity index is 1640. The molecule has 11 heteroatoms. The maximum Gasteiger partial charge on any atom is 0.305 e. The van der Waals surface area contributed by atoms with Crippen molar-refractivity contribution in [2.75, 3.05) is 19.8 Å². The molecule has 1 rings (SSSR count). The molecular formula is C85H163NO10. The molecule has 96 heavy (non-hydrogen) atoms. The predicted molar refractivity (Wildman–Crippen MR) is 408 cm³/mol. The number of hydrogen-bond acceptors (Lipinski definition) is 10. The minimum atomic E-state index is -1.57. The molecule has 7 unspecified atom stereocenters. The van der Waals surface area contributed by atoms with Crippen molar-refractivity contribution < 1.29 is 49.3 Å². The van der Waals surface area contributed by atoms with Gasteiger partial charge < -0.3 is 45.1 Å². The molecule has 568 valence electrons. The van der Waals surface area contributed by atoms with E-state index in [1.807, 2.05) is 6.08 Å². The van der Waals surface area contributed by atoms with Crippen LogP contribution in [0.4, 0.5) is 0 Å². The molecule has 0 bridgehead atoms. The zero-order chi connectivity index (χ0) is 69.4. The fourth-order valence-electron chi connectivity index (χ4n) is 13.9. The molecule has 1 aliphatic rings. The standard InChI is InChI=1S/C85H163NO10/c1-3-5-7-9-11-13-15-17-44-49-53-57-61-65-69-73-81(90)94-74-70-66-62-58-54-50-46-43-41-39-37-35-33-31-29-27-25-23-21-19-20-22-24-26-28-30-32-34-36-38-40-42-45-48-52-56-60-64-68-72-80(89)86-77(76-95-85-84(93)83(92)82(91)79(75-87)96-85)78(88)71-67-63-59-55-51-47-18-16-14-12-10-8-6-4-2/h51,55,67,71,77-79,82-85,87-88,91-93H,3-50,52-54,56-66,68-70,72-76H2,1-2H3,(H,86,89)/b55-51+,71-67+. The number of amides is 1. The van der Waals surface area contributed by atoms with Gasteiger partial charge in [-0.15, -0.1) is 0 Å². The van der Waals surface area contributed by atoms with E-state index in [9.17, 15) is 35.1 Å². The molecule has 0 aromatic heterocycles. The molecule has 11 nitrogen and oxygen atoms in total. The highest BCUT2D eigenvalue weighted by atomic mass is 16.7. The quantitative estimate of drug-likeness (QED) is 0.0195. The first-order valence-corrected chi connectivity index (χ1v) is 42.6. The highest BCUT2D eigenvalue weighted by molar-refractivity contribution is 5.76. The van der Waals surface area contributed by atoms with Gasteiger partial charge in [0.05, 0.1) is 32.0 Å². The van der Waals surface area contributed by atoms with Crippen LogP contribution in [0, 0.1) is 0 Å². The van der Waals surface area contributed by atoms with Crippen molar-refractivity contribution in [1.82, 2.24) is 5.32 Å². The zero-order valence-electron chi connectivity index (χ0n) is 63.6. The summed E-state index contributed by atoms with van der Waals surface area (Å²) in [6.45, 7) is 4.40. The first-order valence-electron chi connectivity index (χ1n) is 42.6. The van der Waals surface area contributed by atoms with Crippen molar-refractivity contribution in [3.63, 3.8) is 0 Å². The summed E-state index contributed by atoms with van der Waals surface area (Å²) in [6, 6.07) is -0.823. The molecule has 7 atom stereocenters. The summed E-state index contributed by atoms with van der Waals surface area (Å²) in [5.74, 6) is -0.161. The second-order valence-electron chi connectivity index (χ2n) is 29.9. The van der Waals surface area contributed by atoms with Crippen LogP contribution in [0.15, 0.2) is 24.3 Å². The summed E-state index contributed by atoms with van der Waals surface area (Å²) >= 11 is 0. The van der Waals surface area contributed by atoms with Crippen LogP contribution in [0.2, 0.25) is 0 Å². The van der Waals surface area contributed by atoms with Gasteiger partial charge >= 0.3 is 5.97 Å². The van der Waals surface area contributed by atoms with E-state index >= 15 is 0 Å². The highest BCUT2D eigenvalue weighted by Crippen LogP contribution is 2.24. The Labute approximate surface area is 594 Å². The molecule has 0 aliphatic carbocycles. The average molecular weight is 1360 g/mol. The molecule has 1 amide bonds. The Balaban J connectivity index is 1.87. The van der Waals surface area contributed by atoms with Gasteiger partial charge in [0.15, 0.2) is 6.29 Å². The first-order chi connectivity index (χ1) is 47.2. The van der Waals surface area contributed by atoms with Crippen LogP contribution in [-0.4, -0.2) is 100 Å². The summed E-state index contributed by atoms with van der Waals surface area (Å²) in [5, 5.41) is 54.6. The summed E-state index contributed by atoms with van der Waals surface area (Å²) in [7, 11) is 0. The van der Waals surface area contributed by atoms with Crippen molar-refractivity contribution in [1.29, 1.82) is 0 Å². The van der Waals surface area contributed by atoms with E-state index in [-0.39, 0.29) is 18.5 Å². The number of ether oxygens (including phenoxy) is 3. The molecule has 1 saturated heterocycles. The molecule has 0 aromatic carbocycles. The minimum absolute atomic E-state index is 0.0222. The van der Waals surface area contributed by atoms with Crippen LogP contribution >= 0.6 is 0 Å². The van der Waals surface area contributed by atoms with E-state index in [0.717, 1.165) is 51.4 Å². The lowest BCUT2D eigenvalue weighted by atomic mass is 9.99. The van der Waals surface area contributed by atoms with Crippen molar-refractivity contribution in [3.05, 3.63) is 24.3 Å². The number of carbonyl (C=O) groups excluding carboxylic acids is 2. The Morgan fingerprint density at radius 2 is 0.677 bits per heavy atom. The summed E-state index contributed by atoms with van der Waals surface area (Å²) in [6.07, 6.45) is 86.7. The molecule has 1 aliphatic heterocycles. The number of hydrogen-bond donors (Lipinski definition) is 6. The van der Waals surface area contributed by atoms with E-state index in [2.05, 4.69) is 31.3 Å². The summed E-state index contributed by atoms with van der Waals surface area (Å²) in [5.41, 5.74) is 0. The second-order valence-corrected chi connectivity index (χ2v) is 29.9. The fourth-order valence-corrected chi connectivity index (χ4v) is 13.9. The largest absolute Gasteiger partial charge is 0.466 e. The van der Waals surface area contributed by atoms with Crippen molar-refractivity contribution in [2.24, 2.45) is 0 Å². The monoisotopic (exact) mass is 1360 g/mol. The zero-order valence-corrected chi connectivity index (χ0v) is 63.6. The molecule has 1 heterocycles. The topological polar surface area (TPSA) is 175 Å². The molecule has 0 saturated carbocycles. The normalized spacial score (nSPS) is 17.3. The van der Waals surface area contributed by atoms with Crippen molar-refractivity contribution >= 4 is 11.9 Å². The Kier molecular flexibility index (Phi) is 71.4. The van der Waals surface area contributed by atoms with Crippen molar-refractivity contribution in [2.45, 2.75) is 487 Å². The third kappa shape index (κ3) is 62.0. The maximum absolute atomic E-state index is 13.1. The summed E-state index contributed by atoms with van der Waals surface area (Å²) in [4.78, 5) is 25.2. The van der Waals surface area contributed by atoms with Gasteiger partial charge in [0, 0.05) is 12.8 Å². The van der Waals surface area contributed by atoms with Gasteiger partial charge in [0.25, 0.3) is 0 Å². The van der Waals surface area contributed by atoms with E-state index in [1.165, 1.54) is 366 Å². The summed E-state index contributed by atoms with van der Waals surface area (Å²) < 4.78 is 16.8. The third-order valence-electron chi connectivity index (χ3n) is 20.6. The van der Waals surface area contributed by atoms with Crippen LogP contribution < -0.4 is 5.32 Å². The van der Waals surface area contributed by atoms with Gasteiger partial charge in [-0.1, -0.05) is 411 Å². The molecule has 0 radical (unpaired) electrons. The van der Waals surface area contributed by atoms with Gasteiger partial charge in [-0.05, 0) is 44.9 Å². The van der Waals surface area contributed by atoms with E-state index in [0.29, 0.717) is 19.4 Å². The minimum Gasteiger partial charge on any atom is -0.466 e. The SMILES string of the molecule is CCCCCCCCCC/C=C/CC/C=C/C(O)C(COC1OC(CO)C(O)C(O)C1O)NC(=O)CCCCCCCCCCCCCCCCCCCCCCCCCCCCCCCCCCCCCCCCCOC(=O)CCCCCCCCCCCCCCCCC. The Morgan fingerprint density at radius 1 is 0.375 bits per heavy atom. The van der Waals surface area contributed by atoms with E-state index in [1.54, 1.807) is 6.08 Å². The predicted octanol–water partition coefficient (Wildman–Crippen LogP) is 23.5. The number of nitrogens with one attached hydrogen (secondary N) is 1. The maximum atomic E-state index is 13.1. The van der Waals surface area contributed by atoms with Gasteiger partial charge in [-0.3, -0.25) is 9.59 Å². The van der Waals surface area contributed by atoms with E-state index < -0.39 is 49.5 Å². The van der Waals surface area contributed by atoms with Crippen LogP contribution in [-0.2, 0) is 23.8 Å². The molecule has 6 N–H and O–H groups in total. The van der Waals surface area contributed by atoms with E-state index in [4.69, 9.17) is 14.2 Å². The molecule has 0 aromatic rings. The van der Waals surface area contributed by atoms with Gasteiger partial charge in [-0.2, -0.15) is 0 Å². The Morgan fingerprint density at radius 3 is 1.03 bits per heavy atom. The van der Waals surface area contributed by atoms with Crippen LogP contribution in [0.3, 0.4) is 0 Å². The average Bonchev–Trinajstić information content (AvgIpc) is 0.842. The number of esters is 1. The number of rotatable bonds is 77. The third-order valence-corrected chi connectivity index (χ3v) is 20.6. The fraction of sp³-hybridized carbons (Fsp3) is 0.929. The van der Waals surface area contributed by atoms with Crippen LogP contribution in [0.25, 0.3) is 0 Å². The number of aliphatic hydroxyl groups excluding tert-OH is 5. The van der Waals surface area contributed by atoms with Gasteiger partial charge in [-0.25, -0.2) is 0 Å². The van der Waals surface area contributed by atoms with Crippen molar-refractivity contribution in [3.8, 4) is 0 Å². The lowest BCUT2D eigenvalue weighted by Crippen LogP contribution is -2.60.